The van der Waals surface area contributed by atoms with Crippen LogP contribution in [-0.4, -0.2) is 0 Å². The van der Waals surface area contributed by atoms with Gasteiger partial charge in [0.25, 0.3) is 0 Å². The van der Waals surface area contributed by atoms with E-state index in [1.807, 2.05) is 0 Å². The number of hydrogen-bond acceptors (Lipinski definition) is 1. The summed E-state index contributed by atoms with van der Waals surface area (Å²) in [5.41, 5.74) is 1.30. The summed E-state index contributed by atoms with van der Waals surface area (Å²) < 4.78 is 52.0. The van der Waals surface area contributed by atoms with Crippen molar-refractivity contribution in [3.63, 3.8) is 0 Å². The van der Waals surface area contributed by atoms with Gasteiger partial charge in [-0.15, -0.1) is 0 Å². The van der Waals surface area contributed by atoms with Crippen LogP contribution in [0.15, 0.2) is 30.3 Å². The summed E-state index contributed by atoms with van der Waals surface area (Å²) in [6.07, 6.45) is 0. The second kappa shape index (κ2) is 5.30. The van der Waals surface area contributed by atoms with Crippen LogP contribution in [0.25, 0.3) is 0 Å². The van der Waals surface area contributed by atoms with Gasteiger partial charge in [0.2, 0.25) is 0 Å². The number of anilines is 1. The van der Waals surface area contributed by atoms with Crippen molar-refractivity contribution in [1.82, 2.24) is 0 Å². The molecule has 0 radical (unpaired) electrons. The van der Waals surface area contributed by atoms with Gasteiger partial charge in [0.15, 0.2) is 17.5 Å². The van der Waals surface area contributed by atoms with Gasteiger partial charge >= 0.3 is 0 Å². The Bertz CT molecular complexity index is 611. The topological polar surface area (TPSA) is 12.0 Å². The third-order valence-corrected chi connectivity index (χ3v) is 2.81. The third kappa shape index (κ3) is 2.86. The molecular formula is C14H11F4N. The second-order valence-electron chi connectivity index (χ2n) is 4.15. The SMILES string of the molecule is Cc1cc(F)ccc1CNc1ccc(F)c(F)c1F. The Hall–Kier alpha value is -2.04. The van der Waals surface area contributed by atoms with Crippen LogP contribution in [-0.2, 0) is 6.54 Å². The molecule has 0 aliphatic heterocycles. The van der Waals surface area contributed by atoms with Crippen molar-refractivity contribution < 1.29 is 17.6 Å². The molecule has 19 heavy (non-hydrogen) atoms. The highest BCUT2D eigenvalue weighted by atomic mass is 19.2. The third-order valence-electron chi connectivity index (χ3n) is 2.81. The van der Waals surface area contributed by atoms with Crippen LogP contribution in [0.4, 0.5) is 23.2 Å². The highest BCUT2D eigenvalue weighted by Crippen LogP contribution is 2.21. The first-order valence-electron chi connectivity index (χ1n) is 5.61. The molecule has 0 unspecified atom stereocenters. The molecule has 2 aromatic carbocycles. The largest absolute Gasteiger partial charge is 0.378 e. The first-order chi connectivity index (χ1) is 8.99. The lowest BCUT2D eigenvalue weighted by Crippen LogP contribution is -2.05. The molecule has 1 nitrogen and oxygen atoms in total. The van der Waals surface area contributed by atoms with Crippen LogP contribution >= 0.6 is 0 Å². The zero-order valence-corrected chi connectivity index (χ0v) is 10.1. The Labute approximate surface area is 107 Å². The van der Waals surface area contributed by atoms with Crippen molar-refractivity contribution in [2.75, 3.05) is 5.32 Å². The maximum atomic E-state index is 13.4. The predicted octanol–water partition coefficient (Wildman–Crippen LogP) is 4.16. The minimum absolute atomic E-state index is 0.136. The Balaban J connectivity index is 2.17. The average molecular weight is 269 g/mol. The van der Waals surface area contributed by atoms with E-state index in [4.69, 9.17) is 0 Å². The van der Waals surface area contributed by atoms with Crippen LogP contribution in [0, 0.1) is 30.2 Å². The number of hydrogen-bond donors (Lipinski definition) is 1. The number of nitrogens with one attached hydrogen (secondary N) is 1. The number of benzene rings is 2. The van der Waals surface area contributed by atoms with Gasteiger partial charge in [-0.05, 0) is 42.3 Å². The summed E-state index contributed by atoms with van der Waals surface area (Å²) in [6.45, 7) is 1.90. The average Bonchev–Trinajstić information content (AvgIpc) is 2.37. The Morgan fingerprint density at radius 1 is 0.947 bits per heavy atom. The van der Waals surface area contributed by atoms with Crippen molar-refractivity contribution in [3.05, 3.63) is 64.7 Å². The summed E-state index contributed by atoms with van der Waals surface area (Å²) >= 11 is 0. The van der Waals surface area contributed by atoms with Gasteiger partial charge in [-0.25, -0.2) is 17.6 Å². The highest BCUT2D eigenvalue weighted by Gasteiger charge is 2.13. The van der Waals surface area contributed by atoms with E-state index in [1.165, 1.54) is 12.1 Å². The standard InChI is InChI=1S/C14H11F4N/c1-8-6-10(15)3-2-9(8)7-19-12-5-4-11(16)13(17)14(12)18/h2-6,19H,7H2,1H3. The predicted molar refractivity (Wildman–Crippen MR) is 64.8 cm³/mol. The van der Waals surface area contributed by atoms with Crippen molar-refractivity contribution in [1.29, 1.82) is 0 Å². The van der Waals surface area contributed by atoms with Crippen LogP contribution in [0.3, 0.4) is 0 Å². The molecule has 0 heterocycles. The second-order valence-corrected chi connectivity index (χ2v) is 4.15. The maximum absolute atomic E-state index is 13.4. The lowest BCUT2D eigenvalue weighted by molar-refractivity contribution is 0.449. The molecule has 2 aromatic rings. The van der Waals surface area contributed by atoms with E-state index in [-0.39, 0.29) is 18.0 Å². The van der Waals surface area contributed by atoms with Crippen molar-refractivity contribution >= 4 is 5.69 Å². The summed E-state index contributed by atoms with van der Waals surface area (Å²) in [5.74, 6) is -4.37. The van der Waals surface area contributed by atoms with Crippen LogP contribution in [0.5, 0.6) is 0 Å². The first-order valence-corrected chi connectivity index (χ1v) is 5.61. The van der Waals surface area contributed by atoms with Gasteiger partial charge in [-0.2, -0.15) is 0 Å². The first kappa shape index (κ1) is 13.4. The summed E-state index contributed by atoms with van der Waals surface area (Å²) in [4.78, 5) is 0. The molecule has 0 atom stereocenters. The molecule has 0 fully saturated rings. The van der Waals surface area contributed by atoms with Gasteiger partial charge in [0.05, 0.1) is 5.69 Å². The molecule has 0 aromatic heterocycles. The van der Waals surface area contributed by atoms with Gasteiger partial charge in [-0.1, -0.05) is 6.07 Å². The number of aryl methyl sites for hydroxylation is 1. The van der Waals surface area contributed by atoms with E-state index in [9.17, 15) is 17.6 Å². The van der Waals surface area contributed by atoms with Gasteiger partial charge in [-0.3, -0.25) is 0 Å². The molecule has 0 bridgehead atoms. The van der Waals surface area contributed by atoms with Crippen LogP contribution in [0.2, 0.25) is 0 Å². The number of halogens is 4. The molecule has 1 N–H and O–H groups in total. The molecule has 0 aliphatic rings. The Morgan fingerprint density at radius 2 is 1.68 bits per heavy atom. The normalized spacial score (nSPS) is 10.6. The Kier molecular flexibility index (Phi) is 3.74. The van der Waals surface area contributed by atoms with E-state index in [0.29, 0.717) is 5.56 Å². The summed E-state index contributed by atoms with van der Waals surface area (Å²) in [7, 11) is 0. The van der Waals surface area contributed by atoms with Gasteiger partial charge < -0.3 is 5.32 Å². The fraction of sp³-hybridized carbons (Fsp3) is 0.143. The lowest BCUT2D eigenvalue weighted by atomic mass is 10.1. The summed E-state index contributed by atoms with van der Waals surface area (Å²) in [5, 5.41) is 2.65. The van der Waals surface area contributed by atoms with Crippen molar-refractivity contribution in [2.45, 2.75) is 13.5 Å². The molecule has 0 spiro atoms. The van der Waals surface area contributed by atoms with Gasteiger partial charge in [0, 0.05) is 6.54 Å². The molecular weight excluding hydrogens is 258 g/mol. The molecule has 0 saturated carbocycles. The van der Waals surface area contributed by atoms with Crippen molar-refractivity contribution in [2.24, 2.45) is 0 Å². The molecule has 0 aliphatic carbocycles. The zero-order chi connectivity index (χ0) is 14.0. The lowest BCUT2D eigenvalue weighted by Gasteiger charge is -2.10. The highest BCUT2D eigenvalue weighted by molar-refractivity contribution is 5.46. The smallest absolute Gasteiger partial charge is 0.196 e. The molecule has 5 heteroatoms. The van der Waals surface area contributed by atoms with Crippen LogP contribution < -0.4 is 5.32 Å². The number of rotatable bonds is 3. The van der Waals surface area contributed by atoms with Crippen molar-refractivity contribution in [3.8, 4) is 0 Å². The minimum atomic E-state index is -1.51. The minimum Gasteiger partial charge on any atom is -0.378 e. The van der Waals surface area contributed by atoms with E-state index >= 15 is 0 Å². The monoisotopic (exact) mass is 269 g/mol. The van der Waals surface area contributed by atoms with Crippen LogP contribution in [0.1, 0.15) is 11.1 Å². The molecule has 0 saturated heterocycles. The van der Waals surface area contributed by atoms with E-state index in [0.717, 1.165) is 17.7 Å². The fourth-order valence-corrected chi connectivity index (χ4v) is 1.71. The Morgan fingerprint density at radius 3 is 2.37 bits per heavy atom. The zero-order valence-electron chi connectivity index (χ0n) is 10.1. The molecule has 2 rings (SSSR count). The van der Waals surface area contributed by atoms with E-state index in [2.05, 4.69) is 5.32 Å². The maximum Gasteiger partial charge on any atom is 0.196 e. The van der Waals surface area contributed by atoms with E-state index in [1.54, 1.807) is 13.0 Å². The van der Waals surface area contributed by atoms with Gasteiger partial charge in [0.1, 0.15) is 5.82 Å². The quantitative estimate of drug-likeness (QED) is 0.651. The molecule has 0 amide bonds. The van der Waals surface area contributed by atoms with E-state index < -0.39 is 17.5 Å². The fourth-order valence-electron chi connectivity index (χ4n) is 1.71. The molecule has 100 valence electrons. The summed E-state index contributed by atoms with van der Waals surface area (Å²) in [6, 6.07) is 6.14.